The maximum atomic E-state index is 12.3. The van der Waals surface area contributed by atoms with Crippen LogP contribution in [0.25, 0.3) is 0 Å². The second-order valence-corrected chi connectivity index (χ2v) is 8.59. The number of hydrogen-bond acceptors (Lipinski definition) is 3. The Labute approximate surface area is 178 Å². The molecule has 2 rings (SSSR count). The van der Waals surface area contributed by atoms with Crippen LogP contribution in [-0.4, -0.2) is 23.3 Å². The van der Waals surface area contributed by atoms with Gasteiger partial charge < -0.3 is 10.6 Å². The number of nitrogens with one attached hydrogen (secondary N) is 2. The van der Waals surface area contributed by atoms with E-state index in [1.54, 1.807) is 11.8 Å². The molecular weight excluding hydrogens is 380 g/mol. The van der Waals surface area contributed by atoms with Crippen molar-refractivity contribution in [3.05, 3.63) is 58.1 Å². The summed E-state index contributed by atoms with van der Waals surface area (Å²) in [6.07, 6.45) is 2.09. The molecule has 156 valence electrons. The molecule has 2 amide bonds. The van der Waals surface area contributed by atoms with E-state index < -0.39 is 0 Å². The van der Waals surface area contributed by atoms with Crippen LogP contribution in [0.4, 0.5) is 11.4 Å². The lowest BCUT2D eigenvalue weighted by atomic mass is 10.0. The maximum Gasteiger partial charge on any atom is 0.234 e. The molecule has 0 heterocycles. The third-order valence-electron chi connectivity index (χ3n) is 4.87. The highest BCUT2D eigenvalue weighted by Gasteiger charge is 2.10. The van der Waals surface area contributed by atoms with Crippen LogP contribution in [0, 0.1) is 27.7 Å². The lowest BCUT2D eigenvalue weighted by molar-refractivity contribution is -0.116. The summed E-state index contributed by atoms with van der Waals surface area (Å²) in [6, 6.07) is 10.2. The van der Waals surface area contributed by atoms with E-state index in [1.165, 1.54) is 5.56 Å². The van der Waals surface area contributed by atoms with E-state index in [0.717, 1.165) is 52.2 Å². The largest absolute Gasteiger partial charge is 0.326 e. The summed E-state index contributed by atoms with van der Waals surface area (Å²) in [5, 5.41) is 6.07. The molecule has 29 heavy (non-hydrogen) atoms. The highest BCUT2D eigenvalue weighted by molar-refractivity contribution is 7.99. The summed E-state index contributed by atoms with van der Waals surface area (Å²) < 4.78 is 0. The van der Waals surface area contributed by atoms with Gasteiger partial charge in [-0.15, -0.1) is 0 Å². The van der Waals surface area contributed by atoms with Gasteiger partial charge in [-0.1, -0.05) is 42.8 Å². The zero-order valence-corrected chi connectivity index (χ0v) is 19.0. The van der Waals surface area contributed by atoms with Crippen molar-refractivity contribution in [2.45, 2.75) is 53.9 Å². The molecule has 0 saturated carbocycles. The van der Waals surface area contributed by atoms with Gasteiger partial charge in [-0.25, -0.2) is 0 Å². The number of carbonyl (C=O) groups excluding carboxylic acids is 2. The molecule has 0 radical (unpaired) electrons. The van der Waals surface area contributed by atoms with E-state index in [0.29, 0.717) is 12.2 Å². The molecule has 4 nitrogen and oxygen atoms in total. The van der Waals surface area contributed by atoms with Crippen molar-refractivity contribution < 1.29 is 9.59 Å². The molecule has 2 aromatic carbocycles. The number of thioether (sulfide) groups is 1. The number of aryl methyl sites for hydroxylation is 5. The molecular formula is C24H32N2O2S. The summed E-state index contributed by atoms with van der Waals surface area (Å²) in [5.74, 6) is 1.21. The third-order valence-corrected chi connectivity index (χ3v) is 5.92. The first-order chi connectivity index (χ1) is 13.8. The van der Waals surface area contributed by atoms with Crippen LogP contribution in [0.2, 0.25) is 0 Å². The van der Waals surface area contributed by atoms with E-state index in [4.69, 9.17) is 0 Å². The van der Waals surface area contributed by atoms with Gasteiger partial charge in [0.05, 0.1) is 5.75 Å². The van der Waals surface area contributed by atoms with Crippen LogP contribution in [0.15, 0.2) is 30.3 Å². The molecule has 0 fully saturated rings. The molecule has 0 saturated heterocycles. The SMILES string of the molecule is CCc1cccc(C)c1NC(=O)CSCCCC(=O)Nc1c(C)cc(C)cc1C. The van der Waals surface area contributed by atoms with Crippen molar-refractivity contribution in [1.82, 2.24) is 0 Å². The summed E-state index contributed by atoms with van der Waals surface area (Å²) >= 11 is 1.56. The van der Waals surface area contributed by atoms with Crippen LogP contribution in [-0.2, 0) is 16.0 Å². The van der Waals surface area contributed by atoms with E-state index in [2.05, 4.69) is 36.6 Å². The lowest BCUT2D eigenvalue weighted by Gasteiger charge is -2.13. The van der Waals surface area contributed by atoms with Crippen molar-refractivity contribution in [2.24, 2.45) is 0 Å². The minimum Gasteiger partial charge on any atom is -0.326 e. The van der Waals surface area contributed by atoms with Crippen LogP contribution < -0.4 is 10.6 Å². The average Bonchev–Trinajstić information content (AvgIpc) is 2.66. The van der Waals surface area contributed by atoms with Gasteiger partial charge in [0.1, 0.15) is 0 Å². The second kappa shape index (κ2) is 11.1. The molecule has 5 heteroatoms. The van der Waals surface area contributed by atoms with Gasteiger partial charge >= 0.3 is 0 Å². The van der Waals surface area contributed by atoms with Gasteiger partial charge in [0.15, 0.2) is 0 Å². The molecule has 0 atom stereocenters. The minimum atomic E-state index is 0.00866. The Morgan fingerprint density at radius 2 is 1.55 bits per heavy atom. The first-order valence-electron chi connectivity index (χ1n) is 10.2. The Kier molecular flexibility index (Phi) is 8.77. The van der Waals surface area contributed by atoms with Gasteiger partial charge in [-0.3, -0.25) is 9.59 Å². The second-order valence-electron chi connectivity index (χ2n) is 7.49. The zero-order chi connectivity index (χ0) is 21.4. The highest BCUT2D eigenvalue weighted by atomic mass is 32.2. The van der Waals surface area contributed by atoms with Gasteiger partial charge in [-0.2, -0.15) is 11.8 Å². The Balaban J connectivity index is 1.72. The molecule has 2 N–H and O–H groups in total. The molecule has 0 aliphatic carbocycles. The smallest absolute Gasteiger partial charge is 0.234 e. The van der Waals surface area contributed by atoms with Crippen molar-refractivity contribution in [1.29, 1.82) is 0 Å². The molecule has 0 aromatic heterocycles. The van der Waals surface area contributed by atoms with Crippen molar-refractivity contribution in [3.63, 3.8) is 0 Å². The quantitative estimate of drug-likeness (QED) is 0.529. The number of benzene rings is 2. The summed E-state index contributed by atoms with van der Waals surface area (Å²) in [4.78, 5) is 24.5. The number of anilines is 2. The number of amides is 2. The molecule has 2 aromatic rings. The molecule has 0 aliphatic heterocycles. The summed E-state index contributed by atoms with van der Waals surface area (Å²) in [6.45, 7) is 10.2. The molecule has 0 bridgehead atoms. The highest BCUT2D eigenvalue weighted by Crippen LogP contribution is 2.23. The van der Waals surface area contributed by atoms with E-state index in [-0.39, 0.29) is 11.8 Å². The first kappa shape index (κ1) is 23.0. The van der Waals surface area contributed by atoms with Crippen molar-refractivity contribution in [3.8, 4) is 0 Å². The Hall–Kier alpha value is -2.27. The van der Waals surface area contributed by atoms with E-state index in [1.807, 2.05) is 39.0 Å². The number of hydrogen-bond donors (Lipinski definition) is 2. The normalized spacial score (nSPS) is 10.7. The van der Waals surface area contributed by atoms with Crippen LogP contribution in [0.5, 0.6) is 0 Å². The number of rotatable bonds is 9. The van der Waals surface area contributed by atoms with Gasteiger partial charge in [0.2, 0.25) is 11.8 Å². The fourth-order valence-electron chi connectivity index (χ4n) is 3.46. The molecule has 0 aliphatic rings. The standard InChI is InChI=1S/C24H32N2O2S/c1-6-20-10-7-9-17(3)24(20)26-22(28)15-29-12-8-11-21(27)25-23-18(4)13-16(2)14-19(23)5/h7,9-10,13-14H,6,8,11-12,15H2,1-5H3,(H,25,27)(H,26,28). The minimum absolute atomic E-state index is 0.00866. The summed E-state index contributed by atoms with van der Waals surface area (Å²) in [7, 11) is 0. The van der Waals surface area contributed by atoms with Gasteiger partial charge in [0, 0.05) is 17.8 Å². The van der Waals surface area contributed by atoms with Crippen LogP contribution >= 0.6 is 11.8 Å². The predicted octanol–water partition coefficient (Wildman–Crippen LogP) is 5.57. The summed E-state index contributed by atoms with van der Waals surface area (Å²) in [5.41, 5.74) is 7.46. The fourth-order valence-corrected chi connectivity index (χ4v) is 4.21. The van der Waals surface area contributed by atoms with Crippen LogP contribution in [0.1, 0.15) is 47.6 Å². The number of para-hydroxylation sites is 1. The fraction of sp³-hybridized carbons (Fsp3) is 0.417. The lowest BCUT2D eigenvalue weighted by Crippen LogP contribution is -2.17. The van der Waals surface area contributed by atoms with Gasteiger partial charge in [0.25, 0.3) is 0 Å². The molecule has 0 unspecified atom stereocenters. The first-order valence-corrected chi connectivity index (χ1v) is 11.3. The van der Waals surface area contributed by atoms with Crippen LogP contribution in [0.3, 0.4) is 0 Å². The monoisotopic (exact) mass is 412 g/mol. The Morgan fingerprint density at radius 3 is 2.21 bits per heavy atom. The van der Waals surface area contributed by atoms with Gasteiger partial charge in [-0.05, 0) is 68.5 Å². The van der Waals surface area contributed by atoms with E-state index >= 15 is 0 Å². The zero-order valence-electron chi connectivity index (χ0n) is 18.1. The Bertz CT molecular complexity index is 854. The predicted molar refractivity (Wildman–Crippen MR) is 125 cm³/mol. The van der Waals surface area contributed by atoms with E-state index in [9.17, 15) is 9.59 Å². The molecule has 0 spiro atoms. The Morgan fingerprint density at radius 1 is 0.897 bits per heavy atom. The topological polar surface area (TPSA) is 58.2 Å². The van der Waals surface area contributed by atoms with Crippen molar-refractivity contribution in [2.75, 3.05) is 22.1 Å². The average molecular weight is 413 g/mol. The number of carbonyl (C=O) groups is 2. The maximum absolute atomic E-state index is 12.3. The van der Waals surface area contributed by atoms with Crippen molar-refractivity contribution >= 4 is 35.0 Å². The third kappa shape index (κ3) is 6.93.